The monoisotopic (exact) mass is 566 g/mol. The van der Waals surface area contributed by atoms with Crippen molar-refractivity contribution in [1.82, 2.24) is 9.97 Å². The van der Waals surface area contributed by atoms with Crippen molar-refractivity contribution in [2.45, 2.75) is 135 Å². The number of aromatic nitrogens is 2. The van der Waals surface area contributed by atoms with Crippen molar-refractivity contribution >= 4 is 11.8 Å². The van der Waals surface area contributed by atoms with Crippen LogP contribution in [0.2, 0.25) is 0 Å². The zero-order valence-electron chi connectivity index (χ0n) is 28.5. The predicted octanol–water partition coefficient (Wildman–Crippen LogP) is 9.07. The van der Waals surface area contributed by atoms with Gasteiger partial charge in [0.2, 0.25) is 0 Å². The van der Waals surface area contributed by atoms with Crippen molar-refractivity contribution in [2.24, 2.45) is 21.7 Å². The van der Waals surface area contributed by atoms with E-state index in [9.17, 15) is 9.59 Å². The number of hydrogen-bond donors (Lipinski definition) is 0. The lowest BCUT2D eigenvalue weighted by Crippen LogP contribution is -2.15. The maximum absolute atomic E-state index is 12.0. The SMILES string of the molecule is CC(C)(C)CC(=O)OCc1cccc(CC(C)(C)C)c1.Cc1cc(CC(C)(C)C)nc(CCC(=O)CC(C)(C)C)n1. The second-order valence-electron chi connectivity index (χ2n) is 16.4. The Kier molecular flexibility index (Phi) is 13.4. The minimum absolute atomic E-state index is 0.0227. The Bertz CT molecular complexity index is 1120. The van der Waals surface area contributed by atoms with Crippen molar-refractivity contribution in [3.05, 3.63) is 58.7 Å². The van der Waals surface area contributed by atoms with Crippen LogP contribution in [-0.4, -0.2) is 21.7 Å². The van der Waals surface area contributed by atoms with Gasteiger partial charge < -0.3 is 4.74 Å². The molecule has 0 saturated carbocycles. The average Bonchev–Trinajstić information content (AvgIpc) is 2.72. The fourth-order valence-corrected chi connectivity index (χ4v) is 4.47. The third kappa shape index (κ3) is 19.2. The molecule has 0 saturated heterocycles. The lowest BCUT2D eigenvalue weighted by molar-refractivity contribution is -0.147. The van der Waals surface area contributed by atoms with Crippen LogP contribution in [0.15, 0.2) is 30.3 Å². The molecule has 1 aromatic carbocycles. The van der Waals surface area contributed by atoms with Crippen LogP contribution >= 0.6 is 0 Å². The molecule has 5 nitrogen and oxygen atoms in total. The molecule has 0 amide bonds. The molecule has 0 radical (unpaired) electrons. The minimum Gasteiger partial charge on any atom is -0.461 e. The summed E-state index contributed by atoms with van der Waals surface area (Å²) in [5.41, 5.74) is 4.93. The predicted molar refractivity (Wildman–Crippen MR) is 171 cm³/mol. The molecule has 0 aliphatic heterocycles. The van der Waals surface area contributed by atoms with Gasteiger partial charge in [-0.1, -0.05) is 107 Å². The molecule has 0 aliphatic rings. The quantitative estimate of drug-likeness (QED) is 0.283. The number of Topliss-reactive ketones (excluding diaryl/α,β-unsaturated/α-hetero) is 1. The zero-order valence-corrected chi connectivity index (χ0v) is 28.5. The number of carbonyl (C=O) groups is 2. The van der Waals surface area contributed by atoms with Gasteiger partial charge in [-0.15, -0.1) is 0 Å². The van der Waals surface area contributed by atoms with Crippen molar-refractivity contribution in [3.63, 3.8) is 0 Å². The molecule has 5 heteroatoms. The molecule has 41 heavy (non-hydrogen) atoms. The van der Waals surface area contributed by atoms with Crippen LogP contribution in [0.3, 0.4) is 0 Å². The molecule has 0 aliphatic carbocycles. The fourth-order valence-electron chi connectivity index (χ4n) is 4.47. The van der Waals surface area contributed by atoms with Crippen LogP contribution in [0.4, 0.5) is 0 Å². The highest BCUT2D eigenvalue weighted by molar-refractivity contribution is 5.79. The van der Waals surface area contributed by atoms with E-state index in [0.29, 0.717) is 38.1 Å². The number of benzene rings is 1. The van der Waals surface area contributed by atoms with Crippen LogP contribution in [0.25, 0.3) is 0 Å². The number of carbonyl (C=O) groups excluding carboxylic acids is 2. The number of ether oxygens (including phenoxy) is 1. The van der Waals surface area contributed by atoms with Gasteiger partial charge in [0.1, 0.15) is 18.2 Å². The Morgan fingerprint density at radius 3 is 1.80 bits per heavy atom. The van der Waals surface area contributed by atoms with Crippen LogP contribution in [0, 0.1) is 28.6 Å². The summed E-state index contributed by atoms with van der Waals surface area (Å²) in [4.78, 5) is 32.8. The second-order valence-corrected chi connectivity index (χ2v) is 16.4. The van der Waals surface area contributed by atoms with E-state index >= 15 is 0 Å². The van der Waals surface area contributed by atoms with Crippen molar-refractivity contribution < 1.29 is 14.3 Å². The normalized spacial score (nSPS) is 12.4. The molecule has 1 heterocycles. The molecule has 0 N–H and O–H groups in total. The highest BCUT2D eigenvalue weighted by Gasteiger charge is 2.18. The Morgan fingerprint density at radius 2 is 1.27 bits per heavy atom. The summed E-state index contributed by atoms with van der Waals surface area (Å²) in [6, 6.07) is 10.4. The Balaban J connectivity index is 0.000000410. The van der Waals surface area contributed by atoms with Gasteiger partial charge in [0.15, 0.2) is 0 Å². The maximum Gasteiger partial charge on any atom is 0.306 e. The standard InChI is InChI=1S/C18H30N2O.C18H28O2/c1-13-10-14(11-17(2,3)4)20-16(19-13)9-8-15(21)12-18(5,6)7;1-17(2,3)11-14-8-7-9-15(10-14)13-20-16(19)12-18(4,5)6/h10H,8-9,11-12H2,1-7H3;7-10H,11-13H2,1-6H3. The molecule has 2 rings (SSSR count). The van der Waals surface area contributed by atoms with Gasteiger partial charge in [-0.3, -0.25) is 9.59 Å². The molecule has 0 atom stereocenters. The van der Waals surface area contributed by atoms with Gasteiger partial charge >= 0.3 is 5.97 Å². The number of hydrogen-bond acceptors (Lipinski definition) is 5. The smallest absolute Gasteiger partial charge is 0.306 e. The van der Waals surface area contributed by atoms with Crippen LogP contribution in [0.1, 0.15) is 131 Å². The highest BCUT2D eigenvalue weighted by Crippen LogP contribution is 2.23. The molecule has 0 fully saturated rings. The Hall–Kier alpha value is -2.56. The number of rotatable bonds is 9. The number of ketones is 1. The van der Waals surface area contributed by atoms with E-state index < -0.39 is 0 Å². The number of esters is 1. The van der Waals surface area contributed by atoms with Gasteiger partial charge in [-0.25, -0.2) is 9.97 Å². The van der Waals surface area contributed by atoms with Gasteiger partial charge in [-0.2, -0.15) is 0 Å². The summed E-state index contributed by atoms with van der Waals surface area (Å²) in [5, 5.41) is 0. The first-order chi connectivity index (χ1) is 18.5. The first kappa shape index (κ1) is 36.5. The molecule has 1 aromatic heterocycles. The number of nitrogens with zero attached hydrogens (tertiary/aromatic N) is 2. The topological polar surface area (TPSA) is 69.2 Å². The third-order valence-electron chi connectivity index (χ3n) is 5.82. The summed E-state index contributed by atoms with van der Waals surface area (Å²) in [6.45, 7) is 28.1. The molecular weight excluding hydrogens is 508 g/mol. The third-order valence-corrected chi connectivity index (χ3v) is 5.82. The molecule has 230 valence electrons. The van der Waals surface area contributed by atoms with Gasteiger partial charge in [0.25, 0.3) is 0 Å². The van der Waals surface area contributed by atoms with E-state index in [0.717, 1.165) is 35.6 Å². The average molecular weight is 567 g/mol. The Labute approximate surface area is 251 Å². The van der Waals surface area contributed by atoms with Crippen LogP contribution in [-0.2, 0) is 40.2 Å². The van der Waals surface area contributed by atoms with E-state index in [1.54, 1.807) is 0 Å². The van der Waals surface area contributed by atoms with E-state index in [4.69, 9.17) is 4.74 Å². The fraction of sp³-hybridized carbons (Fsp3) is 0.667. The highest BCUT2D eigenvalue weighted by atomic mass is 16.5. The van der Waals surface area contributed by atoms with Crippen molar-refractivity contribution in [1.29, 1.82) is 0 Å². The van der Waals surface area contributed by atoms with Crippen LogP contribution in [0.5, 0.6) is 0 Å². The summed E-state index contributed by atoms with van der Waals surface area (Å²) in [5.74, 6) is 0.972. The molecule has 2 aromatic rings. The van der Waals surface area contributed by atoms with Crippen molar-refractivity contribution in [3.8, 4) is 0 Å². The second kappa shape index (κ2) is 15.1. The molecule has 0 unspecified atom stereocenters. The van der Waals surface area contributed by atoms with Crippen molar-refractivity contribution in [2.75, 3.05) is 0 Å². The molecular formula is C36H58N2O3. The lowest BCUT2D eigenvalue weighted by atomic mass is 9.88. The summed E-state index contributed by atoms with van der Waals surface area (Å²) >= 11 is 0. The van der Waals surface area contributed by atoms with E-state index in [1.165, 1.54) is 5.56 Å². The van der Waals surface area contributed by atoms with E-state index in [-0.39, 0.29) is 27.6 Å². The Morgan fingerprint density at radius 1 is 0.707 bits per heavy atom. The van der Waals surface area contributed by atoms with Gasteiger partial charge in [0.05, 0.1) is 6.42 Å². The van der Waals surface area contributed by atoms with Gasteiger partial charge in [0, 0.05) is 30.7 Å². The van der Waals surface area contributed by atoms with E-state index in [2.05, 4.69) is 84.4 Å². The largest absolute Gasteiger partial charge is 0.461 e. The van der Waals surface area contributed by atoms with Gasteiger partial charge in [-0.05, 0) is 58.6 Å². The molecule has 0 spiro atoms. The minimum atomic E-state index is -0.126. The summed E-state index contributed by atoms with van der Waals surface area (Å²) in [7, 11) is 0. The zero-order chi connectivity index (χ0) is 31.6. The summed E-state index contributed by atoms with van der Waals surface area (Å²) < 4.78 is 5.35. The molecule has 0 bridgehead atoms. The first-order valence-corrected chi connectivity index (χ1v) is 15.1. The number of aryl methyl sites for hydroxylation is 2. The summed E-state index contributed by atoms with van der Waals surface area (Å²) in [6.07, 6.45) is 4.21. The van der Waals surface area contributed by atoms with E-state index in [1.807, 2.05) is 45.9 Å². The van der Waals surface area contributed by atoms with Crippen LogP contribution < -0.4 is 0 Å². The maximum atomic E-state index is 12.0. The lowest BCUT2D eigenvalue weighted by Gasteiger charge is -2.19. The first-order valence-electron chi connectivity index (χ1n) is 15.1.